The van der Waals surface area contributed by atoms with Crippen molar-refractivity contribution in [3.63, 3.8) is 0 Å². The third-order valence-electron chi connectivity index (χ3n) is 3.82. The van der Waals surface area contributed by atoms with Gasteiger partial charge in [0.25, 0.3) is 0 Å². The lowest BCUT2D eigenvalue weighted by molar-refractivity contribution is 0.0818. The minimum atomic E-state index is 0.401. The van der Waals surface area contributed by atoms with Gasteiger partial charge < -0.3 is 15.4 Å². The Labute approximate surface area is 116 Å². The van der Waals surface area contributed by atoms with E-state index >= 15 is 0 Å². The van der Waals surface area contributed by atoms with Gasteiger partial charge in [-0.15, -0.1) is 0 Å². The quantitative estimate of drug-likeness (QED) is 0.905. The summed E-state index contributed by atoms with van der Waals surface area (Å²) in [6, 6.07) is 4.25. The van der Waals surface area contributed by atoms with E-state index in [9.17, 15) is 0 Å². The molecule has 4 heteroatoms. The molecule has 1 aliphatic heterocycles. The fourth-order valence-electron chi connectivity index (χ4n) is 2.49. The van der Waals surface area contributed by atoms with Crippen LogP contribution in [0.5, 0.6) is 0 Å². The summed E-state index contributed by atoms with van der Waals surface area (Å²) in [5.74, 6) is 1.50. The number of anilines is 1. The third-order valence-corrected chi connectivity index (χ3v) is 3.82. The second-order valence-electron chi connectivity index (χ2n) is 5.54. The van der Waals surface area contributed by atoms with Gasteiger partial charge in [0.1, 0.15) is 5.82 Å². The van der Waals surface area contributed by atoms with Crippen LogP contribution in [0.4, 0.5) is 5.82 Å². The second kappa shape index (κ2) is 6.35. The van der Waals surface area contributed by atoms with Crippen molar-refractivity contribution in [3.8, 4) is 0 Å². The van der Waals surface area contributed by atoms with Crippen LogP contribution in [0.15, 0.2) is 12.1 Å². The molecular formula is C15H25N3O. The van der Waals surface area contributed by atoms with Gasteiger partial charge in [-0.05, 0) is 36.5 Å². The Kier molecular flexibility index (Phi) is 4.77. The van der Waals surface area contributed by atoms with Gasteiger partial charge in [0, 0.05) is 32.4 Å². The zero-order valence-electron chi connectivity index (χ0n) is 12.2. The topological polar surface area (TPSA) is 51.4 Å². The molecule has 0 radical (unpaired) electrons. The van der Waals surface area contributed by atoms with Crippen LogP contribution in [0.1, 0.15) is 43.9 Å². The summed E-state index contributed by atoms with van der Waals surface area (Å²) in [6.45, 7) is 6.94. The molecule has 0 amide bonds. The molecule has 1 aliphatic rings. The van der Waals surface area contributed by atoms with Crippen LogP contribution < -0.4 is 10.6 Å². The molecule has 0 saturated carbocycles. The van der Waals surface area contributed by atoms with Crippen molar-refractivity contribution in [1.82, 2.24) is 4.98 Å². The van der Waals surface area contributed by atoms with Gasteiger partial charge in [0.05, 0.1) is 6.10 Å². The van der Waals surface area contributed by atoms with Gasteiger partial charge in [-0.25, -0.2) is 4.98 Å². The molecule has 1 fully saturated rings. The van der Waals surface area contributed by atoms with Gasteiger partial charge in [0.2, 0.25) is 0 Å². The number of piperidine rings is 1. The summed E-state index contributed by atoms with van der Waals surface area (Å²) in [6.07, 6.45) is 2.54. The van der Waals surface area contributed by atoms with Crippen LogP contribution in [-0.2, 0) is 11.3 Å². The zero-order valence-corrected chi connectivity index (χ0v) is 12.2. The molecule has 1 saturated heterocycles. The molecule has 0 bridgehead atoms. The first kappa shape index (κ1) is 14.3. The van der Waals surface area contributed by atoms with E-state index in [1.54, 1.807) is 7.11 Å². The van der Waals surface area contributed by atoms with E-state index in [-0.39, 0.29) is 0 Å². The van der Waals surface area contributed by atoms with Gasteiger partial charge in [0.15, 0.2) is 0 Å². The first-order chi connectivity index (χ1) is 9.13. The lowest BCUT2D eigenvalue weighted by atomic mass is 10.1. The van der Waals surface area contributed by atoms with Crippen molar-refractivity contribution in [2.24, 2.45) is 5.73 Å². The van der Waals surface area contributed by atoms with Crippen molar-refractivity contribution in [3.05, 3.63) is 23.4 Å². The van der Waals surface area contributed by atoms with Crippen molar-refractivity contribution >= 4 is 5.82 Å². The summed E-state index contributed by atoms with van der Waals surface area (Å²) < 4.78 is 5.42. The van der Waals surface area contributed by atoms with Crippen LogP contribution in [0.3, 0.4) is 0 Å². The number of rotatable bonds is 4. The maximum absolute atomic E-state index is 5.79. The second-order valence-corrected chi connectivity index (χ2v) is 5.54. The minimum absolute atomic E-state index is 0.401. The molecule has 4 nitrogen and oxygen atoms in total. The summed E-state index contributed by atoms with van der Waals surface area (Å²) in [5.41, 5.74) is 8.09. The Hall–Kier alpha value is -1.13. The number of pyridine rings is 1. The first-order valence-corrected chi connectivity index (χ1v) is 7.12. The maximum atomic E-state index is 5.79. The molecule has 1 aromatic heterocycles. The van der Waals surface area contributed by atoms with Gasteiger partial charge >= 0.3 is 0 Å². The highest BCUT2D eigenvalue weighted by Crippen LogP contribution is 2.23. The molecule has 1 aromatic rings. The molecular weight excluding hydrogens is 238 g/mol. The predicted octanol–water partition coefficient (Wildman–Crippen LogP) is 2.28. The van der Waals surface area contributed by atoms with E-state index in [0.717, 1.165) is 37.4 Å². The Bertz CT molecular complexity index is 412. The van der Waals surface area contributed by atoms with Crippen LogP contribution in [0.25, 0.3) is 0 Å². The molecule has 0 spiro atoms. The standard InChI is InChI=1S/C15H25N3O/c1-11(2)14-8-12(10-16)9-15(17-14)18-6-4-13(19-3)5-7-18/h8-9,11,13H,4-7,10,16H2,1-3H3. The Morgan fingerprint density at radius 3 is 2.58 bits per heavy atom. The van der Waals surface area contributed by atoms with E-state index in [2.05, 4.69) is 30.9 Å². The molecule has 2 heterocycles. The van der Waals surface area contributed by atoms with E-state index in [0.29, 0.717) is 18.6 Å². The van der Waals surface area contributed by atoms with Crippen molar-refractivity contribution in [2.45, 2.75) is 45.3 Å². The number of aromatic nitrogens is 1. The van der Waals surface area contributed by atoms with Gasteiger partial charge in [-0.1, -0.05) is 13.8 Å². The van der Waals surface area contributed by atoms with E-state index in [1.807, 2.05) is 0 Å². The predicted molar refractivity (Wildman–Crippen MR) is 78.5 cm³/mol. The van der Waals surface area contributed by atoms with Crippen molar-refractivity contribution in [1.29, 1.82) is 0 Å². The monoisotopic (exact) mass is 263 g/mol. The van der Waals surface area contributed by atoms with Crippen LogP contribution >= 0.6 is 0 Å². The highest BCUT2D eigenvalue weighted by atomic mass is 16.5. The summed E-state index contributed by atoms with van der Waals surface area (Å²) in [4.78, 5) is 7.13. The number of ether oxygens (including phenoxy) is 1. The summed E-state index contributed by atoms with van der Waals surface area (Å²) >= 11 is 0. The zero-order chi connectivity index (χ0) is 13.8. The molecule has 0 unspecified atom stereocenters. The average molecular weight is 263 g/mol. The average Bonchev–Trinajstić information content (AvgIpc) is 2.46. The Morgan fingerprint density at radius 2 is 2.05 bits per heavy atom. The number of nitrogens with zero attached hydrogens (tertiary/aromatic N) is 2. The number of nitrogens with two attached hydrogens (primary N) is 1. The highest BCUT2D eigenvalue weighted by Gasteiger charge is 2.20. The maximum Gasteiger partial charge on any atom is 0.129 e. The molecule has 0 atom stereocenters. The molecule has 2 N–H and O–H groups in total. The molecule has 2 rings (SSSR count). The number of hydrogen-bond donors (Lipinski definition) is 1. The molecule has 106 valence electrons. The summed E-state index contributed by atoms with van der Waals surface area (Å²) in [5, 5.41) is 0. The van der Waals surface area contributed by atoms with Crippen LogP contribution in [0, 0.1) is 0 Å². The Balaban J connectivity index is 2.17. The highest BCUT2D eigenvalue weighted by molar-refractivity contribution is 5.43. The van der Waals surface area contributed by atoms with Crippen molar-refractivity contribution < 1.29 is 4.74 Å². The number of hydrogen-bond acceptors (Lipinski definition) is 4. The van der Waals surface area contributed by atoms with E-state index in [1.165, 1.54) is 5.56 Å². The van der Waals surface area contributed by atoms with Crippen LogP contribution in [0.2, 0.25) is 0 Å². The third kappa shape index (κ3) is 3.45. The molecule has 0 aromatic carbocycles. The lowest BCUT2D eigenvalue weighted by Crippen LogP contribution is -2.37. The molecule has 19 heavy (non-hydrogen) atoms. The summed E-state index contributed by atoms with van der Waals surface area (Å²) in [7, 11) is 1.80. The largest absolute Gasteiger partial charge is 0.381 e. The first-order valence-electron chi connectivity index (χ1n) is 7.12. The minimum Gasteiger partial charge on any atom is -0.381 e. The van der Waals surface area contributed by atoms with Crippen molar-refractivity contribution in [2.75, 3.05) is 25.1 Å². The smallest absolute Gasteiger partial charge is 0.129 e. The fourth-order valence-corrected chi connectivity index (χ4v) is 2.49. The van der Waals surface area contributed by atoms with Gasteiger partial charge in [-0.3, -0.25) is 0 Å². The van der Waals surface area contributed by atoms with E-state index in [4.69, 9.17) is 15.5 Å². The molecule has 0 aliphatic carbocycles. The van der Waals surface area contributed by atoms with Gasteiger partial charge in [-0.2, -0.15) is 0 Å². The van der Waals surface area contributed by atoms with Crippen LogP contribution in [-0.4, -0.2) is 31.3 Å². The van der Waals surface area contributed by atoms with E-state index < -0.39 is 0 Å². The normalized spacial score (nSPS) is 17.2. The fraction of sp³-hybridized carbons (Fsp3) is 0.667. The Morgan fingerprint density at radius 1 is 1.37 bits per heavy atom. The SMILES string of the molecule is COC1CCN(c2cc(CN)cc(C(C)C)n2)CC1. The lowest BCUT2D eigenvalue weighted by Gasteiger charge is -2.32. The number of methoxy groups -OCH3 is 1.